The van der Waals surface area contributed by atoms with Gasteiger partial charge in [-0.15, -0.1) is 6.58 Å². The maximum Gasteiger partial charge on any atom is 0.328 e. The van der Waals surface area contributed by atoms with Crippen LogP contribution in [0.2, 0.25) is 0 Å². The van der Waals surface area contributed by atoms with Crippen molar-refractivity contribution in [2.75, 3.05) is 26.4 Å². The summed E-state index contributed by atoms with van der Waals surface area (Å²) < 4.78 is 10.4. The van der Waals surface area contributed by atoms with Gasteiger partial charge in [0.1, 0.15) is 0 Å². The normalized spacial score (nSPS) is 24.5. The molecular weight excluding hydrogens is 250 g/mol. The van der Waals surface area contributed by atoms with Crippen molar-refractivity contribution in [1.29, 1.82) is 0 Å². The summed E-state index contributed by atoms with van der Waals surface area (Å²) in [5, 5.41) is 11.6. The van der Waals surface area contributed by atoms with Crippen molar-refractivity contribution >= 4 is 11.9 Å². The molecule has 0 radical (unpaired) electrons. The summed E-state index contributed by atoms with van der Waals surface area (Å²) in [4.78, 5) is 23.2. The topological polar surface area (TPSA) is 84.9 Å². The maximum atomic E-state index is 12.1. The van der Waals surface area contributed by atoms with Gasteiger partial charge in [0, 0.05) is 6.61 Å². The predicted molar refractivity (Wildman–Crippen MR) is 68.7 cm³/mol. The lowest BCUT2D eigenvalue weighted by Gasteiger charge is -2.32. The molecule has 2 unspecified atom stereocenters. The summed E-state index contributed by atoms with van der Waals surface area (Å²) in [5.41, 5.74) is -0.662. The fraction of sp³-hybridized carbons (Fsp3) is 0.692. The third-order valence-electron chi connectivity index (χ3n) is 3.11. The van der Waals surface area contributed by atoms with E-state index in [1.807, 2.05) is 0 Å². The Morgan fingerprint density at radius 1 is 1.63 bits per heavy atom. The molecule has 108 valence electrons. The van der Waals surface area contributed by atoms with Crippen molar-refractivity contribution in [1.82, 2.24) is 5.32 Å². The zero-order chi connectivity index (χ0) is 14.3. The number of ether oxygens (including phenoxy) is 2. The van der Waals surface area contributed by atoms with Gasteiger partial charge in [-0.05, 0) is 19.8 Å². The third-order valence-corrected chi connectivity index (χ3v) is 3.11. The molecule has 0 aromatic carbocycles. The molecule has 1 aliphatic rings. The fourth-order valence-corrected chi connectivity index (χ4v) is 1.89. The molecule has 1 amide bonds. The molecule has 2 N–H and O–H groups in total. The van der Waals surface area contributed by atoms with Gasteiger partial charge in [-0.25, -0.2) is 4.79 Å². The highest BCUT2D eigenvalue weighted by atomic mass is 16.5. The highest BCUT2D eigenvalue weighted by molar-refractivity contribution is 5.87. The van der Waals surface area contributed by atoms with Gasteiger partial charge < -0.3 is 19.9 Å². The highest BCUT2D eigenvalue weighted by Gasteiger charge is 2.37. The molecule has 0 aromatic rings. The van der Waals surface area contributed by atoms with Crippen LogP contribution in [0.25, 0.3) is 0 Å². The van der Waals surface area contributed by atoms with Crippen LogP contribution in [0.4, 0.5) is 0 Å². The Bertz CT molecular complexity index is 336. The number of nitrogens with one attached hydrogen (secondary N) is 1. The van der Waals surface area contributed by atoms with Gasteiger partial charge in [-0.2, -0.15) is 0 Å². The Labute approximate surface area is 112 Å². The quantitative estimate of drug-likeness (QED) is 0.522. The Morgan fingerprint density at radius 2 is 2.37 bits per heavy atom. The molecule has 0 spiro atoms. The molecule has 1 aliphatic heterocycles. The number of amides is 1. The molecule has 6 heteroatoms. The van der Waals surface area contributed by atoms with E-state index in [1.165, 1.54) is 6.08 Å². The molecule has 2 atom stereocenters. The summed E-state index contributed by atoms with van der Waals surface area (Å²) in [7, 11) is 0. The van der Waals surface area contributed by atoms with Crippen LogP contribution in [0, 0.1) is 5.41 Å². The monoisotopic (exact) mass is 271 g/mol. The van der Waals surface area contributed by atoms with E-state index in [2.05, 4.69) is 11.9 Å². The molecular formula is C13H21NO5. The molecule has 0 saturated carbocycles. The van der Waals surface area contributed by atoms with Crippen LogP contribution in [-0.4, -0.2) is 49.5 Å². The van der Waals surface area contributed by atoms with Crippen molar-refractivity contribution in [3.63, 3.8) is 0 Å². The summed E-state index contributed by atoms with van der Waals surface area (Å²) in [6.07, 6.45) is 3.02. The average Bonchev–Trinajstić information content (AvgIpc) is 2.38. The Morgan fingerprint density at radius 3 is 2.89 bits per heavy atom. The van der Waals surface area contributed by atoms with Crippen LogP contribution in [0.3, 0.4) is 0 Å². The number of hydrogen-bond acceptors (Lipinski definition) is 4. The summed E-state index contributed by atoms with van der Waals surface area (Å²) in [5.74, 6) is -1.42. The lowest BCUT2D eigenvalue weighted by atomic mass is 9.83. The van der Waals surface area contributed by atoms with Crippen LogP contribution < -0.4 is 5.32 Å². The number of hydrogen-bond donors (Lipinski definition) is 2. The van der Waals surface area contributed by atoms with Crippen molar-refractivity contribution in [2.24, 2.45) is 5.41 Å². The van der Waals surface area contributed by atoms with Gasteiger partial charge >= 0.3 is 5.97 Å². The van der Waals surface area contributed by atoms with Gasteiger partial charge in [-0.3, -0.25) is 4.79 Å². The van der Waals surface area contributed by atoms with E-state index < -0.39 is 17.4 Å². The minimum Gasteiger partial charge on any atom is -0.480 e. The SMILES string of the molecule is C=CCOCC(NC(=O)C1(C)CCCOC1)C(=O)O. The Balaban J connectivity index is 2.54. The maximum absolute atomic E-state index is 12.1. The molecule has 6 nitrogen and oxygen atoms in total. The Kier molecular flexibility index (Phi) is 5.98. The third kappa shape index (κ3) is 4.65. The first-order valence-corrected chi connectivity index (χ1v) is 6.30. The predicted octanol–water partition coefficient (Wildman–Crippen LogP) is 0.575. The summed E-state index contributed by atoms with van der Waals surface area (Å²) in [6, 6.07) is -1.05. The molecule has 1 saturated heterocycles. The number of aliphatic carboxylic acids is 1. The second kappa shape index (κ2) is 7.25. The minimum absolute atomic E-state index is 0.0793. The van der Waals surface area contributed by atoms with Crippen LogP contribution in [0.1, 0.15) is 19.8 Å². The van der Waals surface area contributed by atoms with Crippen molar-refractivity contribution < 1.29 is 24.2 Å². The summed E-state index contributed by atoms with van der Waals surface area (Å²) in [6.45, 7) is 6.39. The standard InChI is InChI=1S/C13H21NO5/c1-3-6-18-8-10(11(15)16)14-12(17)13(2)5-4-7-19-9-13/h3,10H,1,4-9H2,2H3,(H,14,17)(H,15,16). The smallest absolute Gasteiger partial charge is 0.328 e. The summed E-state index contributed by atoms with van der Waals surface area (Å²) >= 11 is 0. The lowest BCUT2D eigenvalue weighted by molar-refractivity contribution is -0.148. The van der Waals surface area contributed by atoms with Crippen molar-refractivity contribution in [3.8, 4) is 0 Å². The second-order valence-electron chi connectivity index (χ2n) is 4.91. The van der Waals surface area contributed by atoms with E-state index in [0.29, 0.717) is 19.6 Å². The molecule has 0 aromatic heterocycles. The van der Waals surface area contributed by atoms with E-state index >= 15 is 0 Å². The number of carboxylic acids is 1. The average molecular weight is 271 g/mol. The van der Waals surface area contributed by atoms with Gasteiger partial charge in [0.05, 0.1) is 25.2 Å². The molecule has 1 fully saturated rings. The van der Waals surface area contributed by atoms with E-state index in [1.54, 1.807) is 6.92 Å². The molecule has 0 bridgehead atoms. The van der Waals surface area contributed by atoms with Gasteiger partial charge in [0.25, 0.3) is 0 Å². The van der Waals surface area contributed by atoms with Crippen molar-refractivity contribution in [3.05, 3.63) is 12.7 Å². The first kappa shape index (κ1) is 15.7. The fourth-order valence-electron chi connectivity index (χ4n) is 1.89. The van der Waals surface area contributed by atoms with Crippen LogP contribution in [0.15, 0.2) is 12.7 Å². The molecule has 19 heavy (non-hydrogen) atoms. The van der Waals surface area contributed by atoms with E-state index in [0.717, 1.165) is 6.42 Å². The number of carbonyl (C=O) groups excluding carboxylic acids is 1. The van der Waals surface area contributed by atoms with Crippen LogP contribution >= 0.6 is 0 Å². The molecule has 1 rings (SSSR count). The largest absolute Gasteiger partial charge is 0.480 e. The van der Waals surface area contributed by atoms with E-state index in [9.17, 15) is 9.59 Å². The van der Waals surface area contributed by atoms with Gasteiger partial charge in [0.2, 0.25) is 5.91 Å². The van der Waals surface area contributed by atoms with E-state index in [4.69, 9.17) is 14.6 Å². The zero-order valence-electron chi connectivity index (χ0n) is 11.2. The van der Waals surface area contributed by atoms with E-state index in [-0.39, 0.29) is 19.1 Å². The number of rotatable bonds is 7. The van der Waals surface area contributed by atoms with Crippen LogP contribution in [-0.2, 0) is 19.1 Å². The minimum atomic E-state index is -1.11. The second-order valence-corrected chi connectivity index (χ2v) is 4.91. The lowest BCUT2D eigenvalue weighted by Crippen LogP contribution is -2.51. The number of carbonyl (C=O) groups is 2. The number of carboxylic acid groups (broad SMARTS) is 1. The highest BCUT2D eigenvalue weighted by Crippen LogP contribution is 2.28. The first-order chi connectivity index (χ1) is 8.99. The zero-order valence-corrected chi connectivity index (χ0v) is 11.2. The molecule has 1 heterocycles. The van der Waals surface area contributed by atoms with Gasteiger partial charge in [-0.1, -0.05) is 6.08 Å². The first-order valence-electron chi connectivity index (χ1n) is 6.30. The Hall–Kier alpha value is -1.40. The molecule has 0 aliphatic carbocycles. The van der Waals surface area contributed by atoms with Gasteiger partial charge in [0.15, 0.2) is 6.04 Å². The van der Waals surface area contributed by atoms with Crippen molar-refractivity contribution in [2.45, 2.75) is 25.8 Å². The van der Waals surface area contributed by atoms with Crippen LogP contribution in [0.5, 0.6) is 0 Å².